The van der Waals surface area contributed by atoms with Gasteiger partial charge in [-0.2, -0.15) is 0 Å². The van der Waals surface area contributed by atoms with Gasteiger partial charge in [-0.05, 0) is 0 Å². The standard InChI is InChI=1S/C42H26O27/c43-15-3-1(7-9(21(49)33(61)32(60)19(7)47)11-23(51)35(63)39(67)36(64)24(11)52)4-6(18(46)31(59)29(57)16(4)44)2(5(3)17(45)30(58)28(15)56)8-10-13-26(54)22(50)12-14(27(55)37(65)34(62)25(12)53)41(13)69-42(10)40(68)38(66)20(8)48/h43-68H. The molecule has 1 aromatic heterocycles. The van der Waals surface area contributed by atoms with E-state index in [-0.39, 0.29) is 0 Å². The first-order valence-electron chi connectivity index (χ1n) is 18.5. The summed E-state index contributed by atoms with van der Waals surface area (Å²) in [7, 11) is 0. The first-order valence-corrected chi connectivity index (χ1v) is 18.5. The van der Waals surface area contributed by atoms with Gasteiger partial charge in [0.25, 0.3) is 0 Å². The molecule has 0 saturated heterocycles. The minimum atomic E-state index is -1.86. The van der Waals surface area contributed by atoms with Gasteiger partial charge in [0.2, 0.25) is 74.7 Å². The molecule has 0 saturated carbocycles. The highest BCUT2D eigenvalue weighted by molar-refractivity contribution is 6.35. The summed E-state index contributed by atoms with van der Waals surface area (Å²) in [4.78, 5) is 0. The smallest absolute Gasteiger partial charge is 0.208 e. The topological polar surface area (TPSA) is 539 Å². The van der Waals surface area contributed by atoms with Crippen LogP contribution in [0.15, 0.2) is 4.42 Å². The van der Waals surface area contributed by atoms with Crippen LogP contribution >= 0.6 is 0 Å². The van der Waals surface area contributed by atoms with Gasteiger partial charge in [-0.15, -0.1) is 0 Å². The zero-order valence-corrected chi connectivity index (χ0v) is 33.0. The van der Waals surface area contributed by atoms with E-state index in [0.29, 0.717) is 0 Å². The van der Waals surface area contributed by atoms with Crippen LogP contribution in [0.25, 0.3) is 87.6 Å². The van der Waals surface area contributed by atoms with Crippen molar-refractivity contribution in [1.82, 2.24) is 0 Å². The van der Waals surface area contributed by atoms with E-state index in [0.717, 1.165) is 0 Å². The van der Waals surface area contributed by atoms with Crippen molar-refractivity contribution in [3.05, 3.63) is 0 Å². The fourth-order valence-corrected chi connectivity index (χ4v) is 8.55. The Bertz CT molecular complexity index is 3850. The van der Waals surface area contributed by atoms with Crippen LogP contribution in [0.3, 0.4) is 0 Å². The number of hydrogen-bond donors (Lipinski definition) is 26. The van der Waals surface area contributed by atoms with Gasteiger partial charge in [-0.3, -0.25) is 0 Å². The van der Waals surface area contributed by atoms with Crippen LogP contribution in [0.2, 0.25) is 0 Å². The molecule has 9 aromatic rings. The molecule has 0 amide bonds. The van der Waals surface area contributed by atoms with Crippen molar-refractivity contribution in [2.75, 3.05) is 0 Å². The van der Waals surface area contributed by atoms with Crippen LogP contribution in [0.1, 0.15) is 0 Å². The van der Waals surface area contributed by atoms with Gasteiger partial charge in [0.1, 0.15) is 0 Å². The minimum Gasteiger partial charge on any atom is -0.504 e. The van der Waals surface area contributed by atoms with Crippen molar-refractivity contribution in [2.45, 2.75) is 0 Å². The van der Waals surface area contributed by atoms with Crippen LogP contribution in [0, 0.1) is 0 Å². The first-order chi connectivity index (χ1) is 32.2. The summed E-state index contributed by atoms with van der Waals surface area (Å²) in [6.45, 7) is 0. The van der Waals surface area contributed by atoms with E-state index in [1.54, 1.807) is 0 Å². The van der Waals surface area contributed by atoms with E-state index < -0.39 is 237 Å². The molecule has 356 valence electrons. The lowest BCUT2D eigenvalue weighted by molar-refractivity contribution is 0.329. The van der Waals surface area contributed by atoms with Crippen molar-refractivity contribution in [1.29, 1.82) is 0 Å². The second-order valence-corrected chi connectivity index (χ2v) is 15.1. The zero-order valence-electron chi connectivity index (χ0n) is 33.0. The summed E-state index contributed by atoms with van der Waals surface area (Å²) >= 11 is 0. The molecule has 0 fully saturated rings. The molecular weight excluding hydrogens is 936 g/mol. The summed E-state index contributed by atoms with van der Waals surface area (Å²) in [5.74, 6) is -44.2. The molecule has 9 rings (SSSR count). The quantitative estimate of drug-likeness (QED) is 0.0663. The molecule has 0 bridgehead atoms. The third kappa shape index (κ3) is 4.86. The van der Waals surface area contributed by atoms with Crippen molar-refractivity contribution in [3.63, 3.8) is 0 Å². The fourth-order valence-electron chi connectivity index (χ4n) is 8.55. The number of aromatic hydroxyl groups is 26. The summed E-state index contributed by atoms with van der Waals surface area (Å²) < 4.78 is 5.66. The van der Waals surface area contributed by atoms with Crippen LogP contribution in [-0.4, -0.2) is 133 Å². The Balaban J connectivity index is 1.69. The average Bonchev–Trinajstić information content (AvgIpc) is 3.72. The normalized spacial score (nSPS) is 11.8. The van der Waals surface area contributed by atoms with Gasteiger partial charge in [0, 0.05) is 54.7 Å². The lowest BCUT2D eigenvalue weighted by Crippen LogP contribution is -1.98. The summed E-state index contributed by atoms with van der Waals surface area (Å²) in [6.07, 6.45) is 0. The Morgan fingerprint density at radius 1 is 0.130 bits per heavy atom. The highest BCUT2D eigenvalue weighted by atomic mass is 16.4. The molecule has 27 heteroatoms. The maximum atomic E-state index is 11.9. The van der Waals surface area contributed by atoms with E-state index in [1.807, 2.05) is 0 Å². The minimum absolute atomic E-state index is 1.03. The highest BCUT2D eigenvalue weighted by Crippen LogP contribution is 2.70. The Labute approximate surface area is 373 Å². The molecule has 0 spiro atoms. The number of rotatable bonds is 3. The predicted molar refractivity (Wildman–Crippen MR) is 226 cm³/mol. The Morgan fingerprint density at radius 2 is 0.348 bits per heavy atom. The molecule has 1 heterocycles. The van der Waals surface area contributed by atoms with Crippen LogP contribution < -0.4 is 0 Å². The van der Waals surface area contributed by atoms with Crippen molar-refractivity contribution in [3.8, 4) is 183 Å². The van der Waals surface area contributed by atoms with E-state index in [1.165, 1.54) is 0 Å². The first kappa shape index (κ1) is 43.4. The van der Waals surface area contributed by atoms with Crippen molar-refractivity contribution >= 4 is 54.3 Å². The number of benzene rings is 8. The highest BCUT2D eigenvalue weighted by Gasteiger charge is 2.41. The zero-order chi connectivity index (χ0) is 51.0. The lowest BCUT2D eigenvalue weighted by Gasteiger charge is -2.25. The van der Waals surface area contributed by atoms with Gasteiger partial charge in [0.15, 0.2) is 85.9 Å². The van der Waals surface area contributed by atoms with Crippen molar-refractivity contribution < 1.29 is 137 Å². The van der Waals surface area contributed by atoms with Gasteiger partial charge >= 0.3 is 0 Å². The molecule has 0 atom stereocenters. The Morgan fingerprint density at radius 3 is 0.739 bits per heavy atom. The van der Waals surface area contributed by atoms with Crippen LogP contribution in [-0.2, 0) is 0 Å². The largest absolute Gasteiger partial charge is 0.504 e. The molecule has 69 heavy (non-hydrogen) atoms. The number of fused-ring (bicyclic) bond motifs is 7. The summed E-state index contributed by atoms with van der Waals surface area (Å²) in [5.41, 5.74) is -11.2. The molecule has 8 aromatic carbocycles. The van der Waals surface area contributed by atoms with Crippen LogP contribution in [0.4, 0.5) is 0 Å². The van der Waals surface area contributed by atoms with E-state index in [2.05, 4.69) is 0 Å². The van der Waals surface area contributed by atoms with Gasteiger partial charge in [-0.25, -0.2) is 0 Å². The molecule has 27 nitrogen and oxygen atoms in total. The van der Waals surface area contributed by atoms with E-state index >= 15 is 0 Å². The maximum Gasteiger partial charge on any atom is 0.208 e. The fraction of sp³-hybridized carbons (Fsp3) is 0. The molecule has 0 radical (unpaired) electrons. The third-order valence-corrected chi connectivity index (χ3v) is 11.7. The monoisotopic (exact) mass is 962 g/mol. The second-order valence-electron chi connectivity index (χ2n) is 15.1. The third-order valence-electron chi connectivity index (χ3n) is 11.7. The number of furan rings is 1. The van der Waals surface area contributed by atoms with Gasteiger partial charge in [0.05, 0.1) is 21.7 Å². The SMILES string of the molecule is Oc1c(O)c(O)c(-c2c(O)c(O)c(O)c(O)c2-c2c3c(O)c(O)c(O)c(O)c3c(-c3c(O)c(O)c(O)c4oc5c6c(O)c(O)c(O)c(O)c6c(O)c(O)c5c34)c3c(O)c(O)c(O)c(O)c23)c(O)c1O. The molecule has 0 aliphatic carbocycles. The van der Waals surface area contributed by atoms with Gasteiger partial charge < -0.3 is 137 Å². The molecule has 0 aliphatic heterocycles. The molecule has 26 N–H and O–H groups in total. The second kappa shape index (κ2) is 13.4. The molecule has 0 unspecified atom stereocenters. The summed E-state index contributed by atoms with van der Waals surface area (Å²) in [5, 5.41) is 279. The molecule has 0 aliphatic rings. The summed E-state index contributed by atoms with van der Waals surface area (Å²) in [6, 6.07) is 0. The van der Waals surface area contributed by atoms with E-state index in [9.17, 15) is 133 Å². The molecular formula is C42H26O27. The number of phenolic OH excluding ortho intramolecular Hbond substituents is 26. The Hall–Kier alpha value is -10.9. The van der Waals surface area contributed by atoms with Crippen molar-refractivity contribution in [2.24, 2.45) is 0 Å². The number of phenols is 26. The van der Waals surface area contributed by atoms with E-state index in [4.69, 9.17) is 4.42 Å². The van der Waals surface area contributed by atoms with Crippen LogP contribution in [0.5, 0.6) is 149 Å². The maximum absolute atomic E-state index is 11.9. The number of hydrogen-bond acceptors (Lipinski definition) is 27. The predicted octanol–water partition coefficient (Wildman–Crippen LogP) is 4.39. The lowest BCUT2D eigenvalue weighted by atomic mass is 9.80. The van der Waals surface area contributed by atoms with Gasteiger partial charge in [-0.1, -0.05) is 0 Å². The average molecular weight is 963 g/mol. The Kier molecular flexibility index (Phi) is 8.40.